The Balaban J connectivity index is 2.05. The van der Waals surface area contributed by atoms with Crippen molar-refractivity contribution in [2.45, 2.75) is 0 Å². The van der Waals surface area contributed by atoms with E-state index in [2.05, 4.69) is 10.1 Å². The Kier molecular flexibility index (Phi) is 3.73. The minimum atomic E-state index is -3.50. The van der Waals surface area contributed by atoms with E-state index in [9.17, 15) is 4.57 Å². The summed E-state index contributed by atoms with van der Waals surface area (Å²) in [5.74, 6) is 0.426. The Morgan fingerprint density at radius 2 is 1.86 bits per heavy atom. The molecule has 0 saturated carbocycles. The molecule has 0 aliphatic rings. The molecule has 0 spiro atoms. The van der Waals surface area contributed by atoms with Gasteiger partial charge in [0.1, 0.15) is 18.4 Å². The predicted octanol–water partition coefficient (Wildman–Crippen LogP) is 2.80. The van der Waals surface area contributed by atoms with E-state index in [0.29, 0.717) is 10.8 Å². The Morgan fingerprint density at radius 3 is 2.48 bits per heavy atom. The molecule has 3 rings (SSSR count). The van der Waals surface area contributed by atoms with Crippen LogP contribution < -0.4 is 8.86 Å². The van der Waals surface area contributed by atoms with Crippen molar-refractivity contribution in [3.05, 3.63) is 72.5 Å². The van der Waals surface area contributed by atoms with Gasteiger partial charge >= 0.3 is 7.67 Å². The summed E-state index contributed by atoms with van der Waals surface area (Å²) in [6.45, 7) is 0. The van der Waals surface area contributed by atoms with E-state index in [1.165, 1.54) is 21.4 Å². The molecular formula is C13H11ClN4O2P+. The second-order valence-electron chi connectivity index (χ2n) is 4.11. The summed E-state index contributed by atoms with van der Waals surface area (Å²) in [5, 5.41) is 4.52. The molecule has 6 nitrogen and oxygen atoms in total. The Bertz CT molecular complexity index is 763. The minimum absolute atomic E-state index is 0.426. The first kappa shape index (κ1) is 13.8. The molecule has 8 heteroatoms. The van der Waals surface area contributed by atoms with Crippen molar-refractivity contribution in [3.8, 4) is 5.75 Å². The van der Waals surface area contributed by atoms with Gasteiger partial charge in [0.2, 0.25) is 0 Å². The average molecular weight is 322 g/mol. The van der Waals surface area contributed by atoms with Gasteiger partial charge in [-0.1, -0.05) is 17.7 Å². The SMILES string of the molecule is O=P(Oc1ccc(Cl)cc1)(n1cncn1)[n+]1ccccc1. The van der Waals surface area contributed by atoms with Gasteiger partial charge in [-0.3, -0.25) is 0 Å². The number of aromatic nitrogens is 4. The van der Waals surface area contributed by atoms with Crippen LogP contribution in [-0.2, 0) is 4.57 Å². The van der Waals surface area contributed by atoms with Crippen molar-refractivity contribution in [1.82, 2.24) is 14.5 Å². The monoisotopic (exact) mass is 321 g/mol. The summed E-state index contributed by atoms with van der Waals surface area (Å²) >= 11 is 5.84. The van der Waals surface area contributed by atoms with Crippen LogP contribution in [0.15, 0.2) is 67.5 Å². The fourth-order valence-electron chi connectivity index (χ4n) is 1.72. The lowest BCUT2D eigenvalue weighted by atomic mass is 10.3. The van der Waals surface area contributed by atoms with E-state index < -0.39 is 7.67 Å². The maximum Gasteiger partial charge on any atom is 0.646 e. The van der Waals surface area contributed by atoms with Gasteiger partial charge in [0.25, 0.3) is 0 Å². The fourth-order valence-corrected chi connectivity index (χ4v) is 3.49. The molecule has 0 saturated heterocycles. The van der Waals surface area contributed by atoms with Gasteiger partial charge in [-0.25, -0.2) is 4.98 Å². The lowest BCUT2D eigenvalue weighted by Gasteiger charge is -2.12. The molecule has 0 N–H and O–H groups in total. The predicted molar refractivity (Wildman–Crippen MR) is 77.1 cm³/mol. The minimum Gasteiger partial charge on any atom is -0.379 e. The molecule has 3 aromatic rings. The molecule has 1 aromatic carbocycles. The number of halogens is 1. The highest BCUT2D eigenvalue weighted by Gasteiger charge is 2.41. The number of hydrogen-bond acceptors (Lipinski definition) is 4. The van der Waals surface area contributed by atoms with Gasteiger partial charge in [-0.15, -0.1) is 13.9 Å². The molecule has 21 heavy (non-hydrogen) atoms. The summed E-state index contributed by atoms with van der Waals surface area (Å²) < 4.78 is 21.7. The highest BCUT2D eigenvalue weighted by molar-refractivity contribution is 7.50. The van der Waals surface area contributed by atoms with Gasteiger partial charge in [-0.2, -0.15) is 4.57 Å². The second kappa shape index (κ2) is 5.68. The van der Waals surface area contributed by atoms with Crippen molar-refractivity contribution in [3.63, 3.8) is 0 Å². The van der Waals surface area contributed by atoms with Crippen LogP contribution in [0.5, 0.6) is 5.75 Å². The topological polar surface area (TPSA) is 60.9 Å². The Morgan fingerprint density at radius 1 is 1.14 bits per heavy atom. The van der Waals surface area contributed by atoms with Crippen LogP contribution in [0, 0.1) is 0 Å². The van der Waals surface area contributed by atoms with Crippen molar-refractivity contribution in [2.24, 2.45) is 0 Å². The maximum atomic E-state index is 13.3. The molecule has 0 aliphatic carbocycles. The molecule has 2 aromatic heterocycles. The summed E-state index contributed by atoms with van der Waals surface area (Å²) in [7, 11) is -3.50. The van der Waals surface area contributed by atoms with Gasteiger partial charge in [0.05, 0.1) is 0 Å². The third-order valence-corrected chi connectivity index (χ3v) is 4.97. The second-order valence-corrected chi connectivity index (χ2v) is 6.58. The van der Waals surface area contributed by atoms with Crippen LogP contribution in [0.2, 0.25) is 5.02 Å². The molecule has 0 aliphatic heterocycles. The zero-order chi connectivity index (χ0) is 14.7. The first-order valence-corrected chi connectivity index (χ1v) is 7.97. The standard InChI is InChI=1S/C13H11ClN4O2P/c14-12-4-6-13(7-5-12)20-21(19,18-11-15-10-16-18)17-8-2-1-3-9-17/h1-11H/q+1. The lowest BCUT2D eigenvalue weighted by molar-refractivity contribution is -0.529. The zero-order valence-electron chi connectivity index (χ0n) is 10.8. The highest BCUT2D eigenvalue weighted by atomic mass is 35.5. The number of benzene rings is 1. The van der Waals surface area contributed by atoms with Crippen molar-refractivity contribution in [1.29, 1.82) is 0 Å². The lowest BCUT2D eigenvalue weighted by Crippen LogP contribution is -2.35. The van der Waals surface area contributed by atoms with Gasteiger partial charge in [0.15, 0.2) is 12.4 Å². The molecule has 1 unspecified atom stereocenters. The Hall–Kier alpha value is -2.17. The summed E-state index contributed by atoms with van der Waals surface area (Å²) in [5.41, 5.74) is 0. The summed E-state index contributed by atoms with van der Waals surface area (Å²) in [6, 6.07) is 12.0. The van der Waals surface area contributed by atoms with Crippen LogP contribution in [-0.4, -0.2) is 14.5 Å². The van der Waals surface area contributed by atoms with E-state index in [4.69, 9.17) is 16.1 Å². The molecule has 0 fully saturated rings. The molecule has 0 bridgehead atoms. The first-order chi connectivity index (χ1) is 10.2. The zero-order valence-corrected chi connectivity index (χ0v) is 12.4. The fraction of sp³-hybridized carbons (Fsp3) is 0. The average Bonchev–Trinajstić information content (AvgIpc) is 3.05. The molecular weight excluding hydrogens is 311 g/mol. The van der Waals surface area contributed by atoms with Crippen molar-refractivity contribution in [2.75, 3.05) is 0 Å². The summed E-state index contributed by atoms with van der Waals surface area (Å²) in [6.07, 6.45) is 5.97. The van der Waals surface area contributed by atoms with Crippen LogP contribution >= 0.6 is 19.3 Å². The number of rotatable bonds is 4. The quantitative estimate of drug-likeness (QED) is 0.693. The van der Waals surface area contributed by atoms with Crippen LogP contribution in [0.1, 0.15) is 0 Å². The van der Waals surface area contributed by atoms with Crippen LogP contribution in [0.4, 0.5) is 0 Å². The molecule has 0 radical (unpaired) electrons. The number of nitrogens with zero attached hydrogens (tertiary/aromatic N) is 4. The first-order valence-electron chi connectivity index (χ1n) is 6.06. The van der Waals surface area contributed by atoms with Gasteiger partial charge in [-0.05, 0) is 24.3 Å². The smallest absolute Gasteiger partial charge is 0.379 e. The summed E-state index contributed by atoms with van der Waals surface area (Å²) in [4.78, 5) is 3.83. The molecule has 1 atom stereocenters. The molecule has 106 valence electrons. The largest absolute Gasteiger partial charge is 0.646 e. The van der Waals surface area contributed by atoms with Gasteiger partial charge < -0.3 is 4.52 Å². The third kappa shape index (κ3) is 2.82. The van der Waals surface area contributed by atoms with E-state index in [-0.39, 0.29) is 0 Å². The molecule has 0 amide bonds. The Labute approximate surface area is 126 Å². The van der Waals surface area contributed by atoms with Crippen molar-refractivity contribution < 1.29 is 13.4 Å². The van der Waals surface area contributed by atoms with E-state index >= 15 is 0 Å². The van der Waals surface area contributed by atoms with Crippen molar-refractivity contribution >= 4 is 19.3 Å². The maximum absolute atomic E-state index is 13.3. The van der Waals surface area contributed by atoms with Crippen LogP contribution in [0.3, 0.4) is 0 Å². The third-order valence-electron chi connectivity index (χ3n) is 2.70. The van der Waals surface area contributed by atoms with Crippen LogP contribution in [0.25, 0.3) is 0 Å². The van der Waals surface area contributed by atoms with E-state index in [1.54, 1.807) is 48.8 Å². The highest BCUT2D eigenvalue weighted by Crippen LogP contribution is 2.42. The number of pyridine rings is 1. The normalized spacial score (nSPS) is 13.6. The van der Waals surface area contributed by atoms with E-state index in [1.807, 2.05) is 6.07 Å². The molecule has 2 heterocycles. The van der Waals surface area contributed by atoms with E-state index in [0.717, 1.165) is 0 Å². The van der Waals surface area contributed by atoms with Gasteiger partial charge in [0, 0.05) is 17.2 Å². The number of hydrogen-bond donors (Lipinski definition) is 0.